The number of benzene rings is 3. The molecule has 1 heterocycles. The summed E-state index contributed by atoms with van der Waals surface area (Å²) in [4.78, 5) is 38.6. The van der Waals surface area contributed by atoms with E-state index in [1.54, 1.807) is 65.6 Å². The monoisotopic (exact) mass is 450 g/mol. The van der Waals surface area contributed by atoms with Gasteiger partial charge in [0.05, 0.1) is 24.9 Å². The number of fused-ring (bicyclic) bond motifs is 1. The summed E-state index contributed by atoms with van der Waals surface area (Å²) in [6.07, 6.45) is 0. The molecule has 0 aromatic heterocycles. The zero-order chi connectivity index (χ0) is 22.7. The Balaban J connectivity index is 1.60. The Morgan fingerprint density at radius 2 is 1.84 bits per heavy atom. The van der Waals surface area contributed by atoms with Gasteiger partial charge in [0.1, 0.15) is 5.75 Å². The van der Waals surface area contributed by atoms with Gasteiger partial charge in [-0.3, -0.25) is 9.59 Å². The molecule has 0 atom stereocenters. The first kappa shape index (κ1) is 21.4. The van der Waals surface area contributed by atoms with Crippen molar-refractivity contribution >= 4 is 40.8 Å². The molecule has 1 N–H and O–H groups in total. The molecule has 7 nitrogen and oxygen atoms in total. The zero-order valence-corrected chi connectivity index (χ0v) is 17.9. The number of anilines is 2. The number of halogens is 1. The third kappa shape index (κ3) is 4.58. The third-order valence-electron chi connectivity index (χ3n) is 4.94. The summed E-state index contributed by atoms with van der Waals surface area (Å²) >= 11 is 5.97. The van der Waals surface area contributed by atoms with Gasteiger partial charge in [0.25, 0.3) is 11.8 Å². The van der Waals surface area contributed by atoms with Gasteiger partial charge >= 0.3 is 5.97 Å². The van der Waals surface area contributed by atoms with Gasteiger partial charge in [-0.05, 0) is 54.1 Å². The van der Waals surface area contributed by atoms with Crippen molar-refractivity contribution in [2.75, 3.05) is 23.9 Å². The SMILES string of the molecule is COC(=O)c1cccc(CN2C(=O)COc3ccc(NC(=O)c4cccc(Cl)c4)cc32)c1. The summed E-state index contributed by atoms with van der Waals surface area (Å²) in [6.45, 7) is 0.129. The van der Waals surface area contributed by atoms with Crippen LogP contribution in [0.25, 0.3) is 0 Å². The van der Waals surface area contributed by atoms with E-state index in [0.717, 1.165) is 5.56 Å². The number of ether oxygens (including phenoxy) is 2. The average Bonchev–Trinajstić information content (AvgIpc) is 2.80. The standard InChI is InChI=1S/C24H19ClN2O5/c1-31-24(30)17-6-2-4-15(10-17)13-27-20-12-19(8-9-21(20)32-14-22(27)28)26-23(29)16-5-3-7-18(25)11-16/h2-12H,13-14H2,1H3,(H,26,29). The summed E-state index contributed by atoms with van der Waals surface area (Å²) < 4.78 is 10.3. The largest absolute Gasteiger partial charge is 0.482 e. The van der Waals surface area contributed by atoms with Gasteiger partial charge in [-0.15, -0.1) is 0 Å². The summed E-state index contributed by atoms with van der Waals surface area (Å²) in [5.74, 6) is -0.492. The van der Waals surface area contributed by atoms with E-state index in [-0.39, 0.29) is 25.0 Å². The first-order valence-corrected chi connectivity index (χ1v) is 10.1. The van der Waals surface area contributed by atoms with Crippen LogP contribution in [0.3, 0.4) is 0 Å². The number of carbonyl (C=O) groups is 3. The van der Waals surface area contributed by atoms with E-state index >= 15 is 0 Å². The van der Waals surface area contributed by atoms with Crippen LogP contribution in [0.15, 0.2) is 66.7 Å². The van der Waals surface area contributed by atoms with E-state index in [1.807, 2.05) is 6.07 Å². The number of rotatable bonds is 5. The highest BCUT2D eigenvalue weighted by Gasteiger charge is 2.26. The van der Waals surface area contributed by atoms with Crippen molar-refractivity contribution in [1.82, 2.24) is 0 Å². The molecule has 0 unspecified atom stereocenters. The highest BCUT2D eigenvalue weighted by molar-refractivity contribution is 6.31. The first-order valence-electron chi connectivity index (χ1n) is 9.76. The Morgan fingerprint density at radius 3 is 2.62 bits per heavy atom. The van der Waals surface area contributed by atoms with Gasteiger partial charge in [0.2, 0.25) is 0 Å². The van der Waals surface area contributed by atoms with Gasteiger partial charge in [0.15, 0.2) is 6.61 Å². The van der Waals surface area contributed by atoms with Crippen molar-refractivity contribution in [1.29, 1.82) is 0 Å². The Hall–Kier alpha value is -3.84. The molecule has 0 bridgehead atoms. The number of methoxy groups -OCH3 is 1. The Morgan fingerprint density at radius 1 is 1.06 bits per heavy atom. The van der Waals surface area contributed by atoms with E-state index in [0.29, 0.717) is 33.3 Å². The fourth-order valence-corrected chi connectivity index (χ4v) is 3.57. The number of nitrogens with one attached hydrogen (secondary N) is 1. The molecular weight excluding hydrogens is 432 g/mol. The number of carbonyl (C=O) groups excluding carboxylic acids is 3. The second-order valence-corrected chi connectivity index (χ2v) is 7.54. The number of esters is 1. The Bertz CT molecular complexity index is 1210. The quantitative estimate of drug-likeness (QED) is 0.586. The molecule has 0 fully saturated rings. The topological polar surface area (TPSA) is 84.9 Å². The lowest BCUT2D eigenvalue weighted by Crippen LogP contribution is -2.38. The second kappa shape index (κ2) is 9.11. The molecule has 32 heavy (non-hydrogen) atoms. The minimum absolute atomic E-state index is 0.0993. The fraction of sp³-hybridized carbons (Fsp3) is 0.125. The van der Waals surface area contributed by atoms with Crippen LogP contribution in [0, 0.1) is 0 Å². The normalized spacial score (nSPS) is 12.6. The van der Waals surface area contributed by atoms with Crippen LogP contribution in [0.1, 0.15) is 26.3 Å². The molecule has 162 valence electrons. The predicted molar refractivity (Wildman–Crippen MR) is 120 cm³/mol. The maximum Gasteiger partial charge on any atom is 0.337 e. The molecule has 0 radical (unpaired) electrons. The maximum atomic E-state index is 12.6. The molecule has 8 heteroatoms. The van der Waals surface area contributed by atoms with Gasteiger partial charge in [0, 0.05) is 16.3 Å². The molecular formula is C24H19ClN2O5. The highest BCUT2D eigenvalue weighted by Crippen LogP contribution is 2.35. The molecule has 0 aliphatic carbocycles. The lowest BCUT2D eigenvalue weighted by atomic mass is 10.1. The van der Waals surface area contributed by atoms with E-state index in [1.165, 1.54) is 7.11 Å². The van der Waals surface area contributed by atoms with Gasteiger partial charge < -0.3 is 19.7 Å². The van der Waals surface area contributed by atoms with Crippen molar-refractivity contribution in [2.45, 2.75) is 6.54 Å². The molecule has 1 aliphatic heterocycles. The molecule has 0 spiro atoms. The van der Waals surface area contributed by atoms with E-state index in [4.69, 9.17) is 21.1 Å². The van der Waals surface area contributed by atoms with Crippen LogP contribution in [0.5, 0.6) is 5.75 Å². The summed E-state index contributed by atoms with van der Waals surface area (Å²) in [5, 5.41) is 3.27. The lowest BCUT2D eigenvalue weighted by Gasteiger charge is -2.30. The van der Waals surface area contributed by atoms with Gasteiger partial charge in [-0.1, -0.05) is 29.8 Å². The van der Waals surface area contributed by atoms with Crippen molar-refractivity contribution in [3.8, 4) is 5.75 Å². The third-order valence-corrected chi connectivity index (χ3v) is 5.17. The van der Waals surface area contributed by atoms with Crippen LogP contribution in [0.4, 0.5) is 11.4 Å². The van der Waals surface area contributed by atoms with Crippen LogP contribution in [-0.2, 0) is 16.1 Å². The molecule has 3 aromatic rings. The van der Waals surface area contributed by atoms with Gasteiger partial charge in [-0.2, -0.15) is 0 Å². The summed E-state index contributed by atoms with van der Waals surface area (Å²) in [6, 6.07) is 18.6. The predicted octanol–water partition coefficient (Wildman–Crippen LogP) is 4.30. The maximum absolute atomic E-state index is 12.6. The minimum atomic E-state index is -0.452. The smallest absolute Gasteiger partial charge is 0.337 e. The zero-order valence-electron chi connectivity index (χ0n) is 17.1. The second-order valence-electron chi connectivity index (χ2n) is 7.11. The minimum Gasteiger partial charge on any atom is -0.482 e. The fourth-order valence-electron chi connectivity index (χ4n) is 3.38. The highest BCUT2D eigenvalue weighted by atomic mass is 35.5. The van der Waals surface area contributed by atoms with Crippen molar-refractivity contribution in [2.24, 2.45) is 0 Å². The van der Waals surface area contributed by atoms with E-state index in [9.17, 15) is 14.4 Å². The average molecular weight is 451 g/mol. The Labute approximate surface area is 189 Å². The lowest BCUT2D eigenvalue weighted by molar-refractivity contribution is -0.121. The molecule has 0 saturated heterocycles. The number of nitrogens with zero attached hydrogens (tertiary/aromatic N) is 1. The van der Waals surface area contributed by atoms with Gasteiger partial charge in [-0.25, -0.2) is 4.79 Å². The number of hydrogen-bond acceptors (Lipinski definition) is 5. The molecule has 1 aliphatic rings. The van der Waals surface area contributed by atoms with Crippen molar-refractivity contribution < 1.29 is 23.9 Å². The number of hydrogen-bond donors (Lipinski definition) is 1. The van der Waals surface area contributed by atoms with Crippen LogP contribution < -0.4 is 15.0 Å². The van der Waals surface area contributed by atoms with Crippen molar-refractivity contribution in [3.05, 3.63) is 88.4 Å². The molecule has 3 aromatic carbocycles. The van der Waals surface area contributed by atoms with E-state index < -0.39 is 5.97 Å². The van der Waals surface area contributed by atoms with Crippen LogP contribution >= 0.6 is 11.6 Å². The van der Waals surface area contributed by atoms with Crippen LogP contribution in [0.2, 0.25) is 5.02 Å². The molecule has 0 saturated carbocycles. The number of amides is 2. The van der Waals surface area contributed by atoms with Crippen molar-refractivity contribution in [3.63, 3.8) is 0 Å². The van der Waals surface area contributed by atoms with Crippen LogP contribution in [-0.4, -0.2) is 31.5 Å². The summed E-state index contributed by atoms with van der Waals surface area (Å²) in [5.41, 5.74) is 2.59. The summed E-state index contributed by atoms with van der Waals surface area (Å²) in [7, 11) is 1.32. The molecule has 4 rings (SSSR count). The molecule has 2 amide bonds. The Kier molecular flexibility index (Phi) is 6.09. The van der Waals surface area contributed by atoms with E-state index in [2.05, 4.69) is 5.32 Å². The first-order chi connectivity index (χ1) is 15.4.